The number of hydrogen-bond acceptors (Lipinski definition) is 3. The molecule has 0 radical (unpaired) electrons. The Balaban J connectivity index is 1.69. The van der Waals surface area contributed by atoms with Gasteiger partial charge < -0.3 is 15.0 Å². The van der Waals surface area contributed by atoms with Gasteiger partial charge in [-0.2, -0.15) is 0 Å². The molecule has 0 saturated carbocycles. The van der Waals surface area contributed by atoms with E-state index in [4.69, 9.17) is 4.74 Å². The summed E-state index contributed by atoms with van der Waals surface area (Å²) in [4.78, 5) is 2.47. The highest BCUT2D eigenvalue weighted by atomic mass is 16.5. The molecule has 3 nitrogen and oxygen atoms in total. The normalized spacial score (nSPS) is 11.3. The van der Waals surface area contributed by atoms with Gasteiger partial charge in [-0.1, -0.05) is 68.4 Å². The summed E-state index contributed by atoms with van der Waals surface area (Å²) >= 11 is 0. The van der Waals surface area contributed by atoms with E-state index in [1.54, 1.807) is 0 Å². The third kappa shape index (κ3) is 5.81. The smallest absolute Gasteiger partial charge is 0.124 e. The quantitative estimate of drug-likeness (QED) is 0.435. The second kappa shape index (κ2) is 11.0. The van der Waals surface area contributed by atoms with Crippen LogP contribution in [0.15, 0.2) is 60.7 Å². The molecular weight excluding hydrogens is 356 g/mol. The minimum Gasteiger partial charge on any atom is -0.489 e. The van der Waals surface area contributed by atoms with Crippen molar-refractivity contribution in [1.29, 1.82) is 0 Å². The second-order valence-electron chi connectivity index (χ2n) is 7.54. The Kier molecular flexibility index (Phi) is 8.09. The summed E-state index contributed by atoms with van der Waals surface area (Å²) in [5.41, 5.74) is 3.75. The van der Waals surface area contributed by atoms with Crippen molar-refractivity contribution in [2.75, 3.05) is 26.2 Å². The van der Waals surface area contributed by atoms with Gasteiger partial charge in [-0.15, -0.1) is 0 Å². The van der Waals surface area contributed by atoms with E-state index < -0.39 is 0 Å². The zero-order valence-electron chi connectivity index (χ0n) is 18.1. The van der Waals surface area contributed by atoms with Gasteiger partial charge in [0.1, 0.15) is 12.4 Å². The van der Waals surface area contributed by atoms with Crippen LogP contribution in [-0.2, 0) is 13.2 Å². The Morgan fingerprint density at radius 2 is 1.66 bits per heavy atom. The molecule has 0 atom stereocenters. The van der Waals surface area contributed by atoms with E-state index >= 15 is 0 Å². The fourth-order valence-corrected chi connectivity index (χ4v) is 3.74. The van der Waals surface area contributed by atoms with Gasteiger partial charge in [-0.05, 0) is 67.5 Å². The molecule has 3 rings (SSSR count). The van der Waals surface area contributed by atoms with Crippen molar-refractivity contribution in [2.45, 2.75) is 40.3 Å². The maximum Gasteiger partial charge on any atom is 0.124 e. The molecule has 3 aromatic carbocycles. The lowest BCUT2D eigenvalue weighted by Crippen LogP contribution is -2.27. The molecule has 154 valence electrons. The Hall–Kier alpha value is -2.36. The van der Waals surface area contributed by atoms with Crippen molar-refractivity contribution in [3.05, 3.63) is 77.4 Å². The minimum atomic E-state index is 0.597. The molecule has 1 N–H and O–H groups in total. The first-order chi connectivity index (χ1) is 14.2. The minimum absolute atomic E-state index is 0.597. The van der Waals surface area contributed by atoms with Gasteiger partial charge in [-0.25, -0.2) is 0 Å². The van der Waals surface area contributed by atoms with Gasteiger partial charge in [0.25, 0.3) is 0 Å². The van der Waals surface area contributed by atoms with E-state index in [2.05, 4.69) is 91.7 Å². The van der Waals surface area contributed by atoms with Gasteiger partial charge in [0.05, 0.1) is 0 Å². The van der Waals surface area contributed by atoms with Crippen LogP contribution in [-0.4, -0.2) is 31.1 Å². The lowest BCUT2D eigenvalue weighted by molar-refractivity contribution is 0.295. The van der Waals surface area contributed by atoms with E-state index in [-0.39, 0.29) is 0 Å². The van der Waals surface area contributed by atoms with Crippen LogP contribution in [0.25, 0.3) is 10.8 Å². The third-order valence-electron chi connectivity index (χ3n) is 5.67. The van der Waals surface area contributed by atoms with Crippen molar-refractivity contribution >= 4 is 10.8 Å². The summed E-state index contributed by atoms with van der Waals surface area (Å²) in [5, 5.41) is 6.17. The maximum absolute atomic E-state index is 6.29. The number of ether oxygens (including phenoxy) is 1. The zero-order chi connectivity index (χ0) is 20.5. The lowest BCUT2D eigenvalue weighted by atomic mass is 10.0. The average Bonchev–Trinajstić information content (AvgIpc) is 2.76. The van der Waals surface area contributed by atoms with Crippen LogP contribution < -0.4 is 10.1 Å². The number of aryl methyl sites for hydroxylation is 1. The van der Waals surface area contributed by atoms with E-state index in [1.165, 1.54) is 27.5 Å². The van der Waals surface area contributed by atoms with Crippen molar-refractivity contribution in [2.24, 2.45) is 0 Å². The van der Waals surface area contributed by atoms with E-state index in [9.17, 15) is 0 Å². The van der Waals surface area contributed by atoms with Crippen LogP contribution in [0.1, 0.15) is 37.0 Å². The highest BCUT2D eigenvalue weighted by Gasteiger charge is 2.10. The molecule has 0 spiro atoms. The summed E-state index contributed by atoms with van der Waals surface area (Å²) in [6.07, 6.45) is 1.16. The van der Waals surface area contributed by atoms with E-state index in [0.29, 0.717) is 6.61 Å². The molecule has 0 unspecified atom stereocenters. The molecule has 0 aliphatic carbocycles. The Bertz CT molecular complexity index is 902. The summed E-state index contributed by atoms with van der Waals surface area (Å²) in [5.74, 6) is 0.975. The molecule has 0 bridgehead atoms. The SMILES string of the molecule is CCN(CC)CCCNCc1c(OCc2ccccc2C)ccc2ccccc12. The van der Waals surface area contributed by atoms with Gasteiger partial charge in [-0.3, -0.25) is 0 Å². The molecule has 0 aromatic heterocycles. The summed E-state index contributed by atoms with van der Waals surface area (Å²) in [7, 11) is 0. The molecule has 0 aliphatic rings. The monoisotopic (exact) mass is 390 g/mol. The predicted molar refractivity (Wildman–Crippen MR) is 124 cm³/mol. The molecule has 0 saturated heterocycles. The summed E-state index contributed by atoms with van der Waals surface area (Å²) < 4.78 is 6.29. The lowest BCUT2D eigenvalue weighted by Gasteiger charge is -2.18. The fraction of sp³-hybridized carbons (Fsp3) is 0.385. The summed E-state index contributed by atoms with van der Waals surface area (Å²) in [6, 6.07) is 21.3. The standard InChI is InChI=1S/C26H34N2O/c1-4-28(5-2)18-10-17-27-19-25-24-14-9-8-12-22(24)15-16-26(25)29-20-23-13-7-6-11-21(23)3/h6-9,11-16,27H,4-5,10,17-20H2,1-3H3. The van der Waals surface area contributed by atoms with Crippen molar-refractivity contribution < 1.29 is 4.74 Å². The van der Waals surface area contributed by atoms with Crippen LogP contribution in [0, 0.1) is 6.92 Å². The third-order valence-corrected chi connectivity index (χ3v) is 5.67. The van der Waals surface area contributed by atoms with Crippen LogP contribution in [0.5, 0.6) is 5.75 Å². The van der Waals surface area contributed by atoms with Crippen LogP contribution in [0.2, 0.25) is 0 Å². The Labute approximate surface area is 175 Å². The van der Waals surface area contributed by atoms with Crippen LogP contribution >= 0.6 is 0 Å². The number of fused-ring (bicyclic) bond motifs is 1. The van der Waals surface area contributed by atoms with Crippen molar-refractivity contribution in [3.63, 3.8) is 0 Å². The largest absolute Gasteiger partial charge is 0.489 e. The second-order valence-corrected chi connectivity index (χ2v) is 7.54. The summed E-state index contributed by atoms with van der Waals surface area (Å²) in [6.45, 7) is 12.4. The number of benzene rings is 3. The molecule has 0 fully saturated rings. The number of hydrogen-bond donors (Lipinski definition) is 1. The van der Waals surface area contributed by atoms with E-state index in [0.717, 1.165) is 44.9 Å². The molecule has 3 aromatic rings. The molecule has 3 heteroatoms. The van der Waals surface area contributed by atoms with Gasteiger partial charge in [0.15, 0.2) is 0 Å². The molecule has 0 aliphatic heterocycles. The molecule has 29 heavy (non-hydrogen) atoms. The number of nitrogens with one attached hydrogen (secondary N) is 1. The molecule has 0 heterocycles. The first kappa shape index (κ1) is 21.4. The van der Waals surface area contributed by atoms with Crippen molar-refractivity contribution in [3.8, 4) is 5.75 Å². The maximum atomic E-state index is 6.29. The Morgan fingerprint density at radius 3 is 2.45 bits per heavy atom. The highest BCUT2D eigenvalue weighted by molar-refractivity contribution is 5.87. The van der Waals surface area contributed by atoms with Gasteiger partial charge in [0.2, 0.25) is 0 Å². The zero-order valence-corrected chi connectivity index (χ0v) is 18.1. The van der Waals surface area contributed by atoms with E-state index in [1.807, 2.05) is 0 Å². The van der Waals surface area contributed by atoms with Gasteiger partial charge in [0, 0.05) is 12.1 Å². The highest BCUT2D eigenvalue weighted by Crippen LogP contribution is 2.29. The van der Waals surface area contributed by atoms with Crippen LogP contribution in [0.4, 0.5) is 0 Å². The number of nitrogens with zero attached hydrogens (tertiary/aromatic N) is 1. The molecule has 0 amide bonds. The predicted octanol–water partition coefficient (Wildman–Crippen LogP) is 5.55. The van der Waals surface area contributed by atoms with Crippen molar-refractivity contribution in [1.82, 2.24) is 10.2 Å². The van der Waals surface area contributed by atoms with Gasteiger partial charge >= 0.3 is 0 Å². The number of rotatable bonds is 11. The first-order valence-electron chi connectivity index (χ1n) is 10.8. The first-order valence-corrected chi connectivity index (χ1v) is 10.8. The fourth-order valence-electron chi connectivity index (χ4n) is 3.74. The Morgan fingerprint density at radius 1 is 0.897 bits per heavy atom. The van der Waals surface area contributed by atoms with Crippen LogP contribution in [0.3, 0.4) is 0 Å². The molecular formula is C26H34N2O. The topological polar surface area (TPSA) is 24.5 Å². The average molecular weight is 391 g/mol.